The van der Waals surface area contributed by atoms with Crippen LogP contribution in [-0.2, 0) is 13.1 Å². The molecule has 10 heteroatoms. The molecule has 0 atom stereocenters. The van der Waals surface area contributed by atoms with Crippen LogP contribution in [0.5, 0.6) is 0 Å². The third-order valence-corrected chi connectivity index (χ3v) is 4.59. The van der Waals surface area contributed by atoms with Crippen LogP contribution in [-0.4, -0.2) is 39.3 Å². The maximum absolute atomic E-state index is 6.27. The molecule has 5 rings (SSSR count). The predicted molar refractivity (Wildman–Crippen MR) is 90.8 cm³/mol. The third-order valence-electron chi connectivity index (χ3n) is 4.04. The van der Waals surface area contributed by atoms with Gasteiger partial charge in [-0.1, -0.05) is 23.2 Å². The van der Waals surface area contributed by atoms with E-state index in [9.17, 15) is 0 Å². The molecule has 1 aliphatic rings. The SMILES string of the molecule is Clc1ccc2c(c1)-c1nc(Cn3nccn3)nn1Cc1c(Cl)ncn1-2. The molecule has 0 amide bonds. The summed E-state index contributed by atoms with van der Waals surface area (Å²) in [5.41, 5.74) is 2.62. The van der Waals surface area contributed by atoms with Gasteiger partial charge in [0.25, 0.3) is 0 Å². The Morgan fingerprint density at radius 2 is 1.96 bits per heavy atom. The average Bonchev–Trinajstić information content (AvgIpc) is 3.30. The summed E-state index contributed by atoms with van der Waals surface area (Å²) >= 11 is 12.5. The van der Waals surface area contributed by atoms with Crippen molar-refractivity contribution in [2.45, 2.75) is 13.1 Å². The fourth-order valence-electron chi connectivity index (χ4n) is 2.96. The molecule has 3 aromatic heterocycles. The van der Waals surface area contributed by atoms with Crippen LogP contribution >= 0.6 is 23.2 Å². The minimum absolute atomic E-state index is 0.385. The van der Waals surface area contributed by atoms with E-state index < -0.39 is 0 Å². The molecule has 4 aromatic rings. The van der Waals surface area contributed by atoms with Gasteiger partial charge < -0.3 is 0 Å². The second-order valence-corrected chi connectivity index (χ2v) is 6.38. The minimum atomic E-state index is 0.385. The Bertz CT molecular complexity index is 1080. The van der Waals surface area contributed by atoms with Crippen LogP contribution in [0.15, 0.2) is 36.9 Å². The Morgan fingerprint density at radius 1 is 1.12 bits per heavy atom. The highest BCUT2D eigenvalue weighted by Gasteiger charge is 2.24. The Labute approximate surface area is 151 Å². The largest absolute Gasteiger partial charge is 0.299 e. The standard InChI is InChI=1S/C15H10Cl2N8/c16-9-1-2-11-10(5-9)15-21-13(7-25-19-3-4-20-25)22-24(15)6-12-14(17)18-8-23(11)12/h1-5,8H,6-7H2. The lowest BCUT2D eigenvalue weighted by molar-refractivity contribution is 0.561. The van der Waals surface area contributed by atoms with Crippen LogP contribution in [0.1, 0.15) is 11.5 Å². The first-order valence-corrected chi connectivity index (χ1v) is 8.24. The molecule has 124 valence electrons. The van der Waals surface area contributed by atoms with Crippen LogP contribution in [0.25, 0.3) is 17.1 Å². The Kier molecular flexibility index (Phi) is 3.16. The molecule has 4 heterocycles. The molecule has 0 spiro atoms. The molecule has 0 N–H and O–H groups in total. The van der Waals surface area contributed by atoms with E-state index in [2.05, 4.69) is 25.3 Å². The first kappa shape index (κ1) is 14.6. The highest BCUT2D eigenvalue weighted by molar-refractivity contribution is 6.31. The number of aromatic nitrogens is 8. The minimum Gasteiger partial charge on any atom is -0.299 e. The maximum Gasteiger partial charge on any atom is 0.174 e. The van der Waals surface area contributed by atoms with Gasteiger partial charge in [0.05, 0.1) is 30.3 Å². The summed E-state index contributed by atoms with van der Waals surface area (Å²) in [6.07, 6.45) is 4.94. The van der Waals surface area contributed by atoms with E-state index in [1.807, 2.05) is 22.8 Å². The van der Waals surface area contributed by atoms with E-state index in [4.69, 9.17) is 23.2 Å². The van der Waals surface area contributed by atoms with Crippen molar-refractivity contribution in [3.8, 4) is 17.1 Å². The second kappa shape index (κ2) is 5.40. The fraction of sp³-hybridized carbons (Fsp3) is 0.133. The quantitative estimate of drug-likeness (QED) is 0.475. The first-order chi connectivity index (χ1) is 12.2. The highest BCUT2D eigenvalue weighted by atomic mass is 35.5. The number of fused-ring (bicyclic) bond motifs is 5. The van der Waals surface area contributed by atoms with Gasteiger partial charge >= 0.3 is 0 Å². The molecule has 0 unspecified atom stereocenters. The number of rotatable bonds is 2. The van der Waals surface area contributed by atoms with Crippen molar-refractivity contribution >= 4 is 23.2 Å². The zero-order chi connectivity index (χ0) is 17.0. The molecule has 0 aliphatic carbocycles. The molecular formula is C15H10Cl2N8. The molecule has 25 heavy (non-hydrogen) atoms. The van der Waals surface area contributed by atoms with Crippen LogP contribution in [0.2, 0.25) is 10.2 Å². The van der Waals surface area contributed by atoms with E-state index in [1.165, 1.54) is 4.80 Å². The van der Waals surface area contributed by atoms with Gasteiger partial charge in [-0.25, -0.2) is 14.6 Å². The van der Waals surface area contributed by atoms with Gasteiger partial charge in [-0.2, -0.15) is 20.1 Å². The third kappa shape index (κ3) is 2.33. The number of imidazole rings is 1. The first-order valence-electron chi connectivity index (χ1n) is 7.49. The summed E-state index contributed by atoms with van der Waals surface area (Å²) < 4.78 is 3.75. The van der Waals surface area contributed by atoms with Gasteiger partial charge in [0.15, 0.2) is 16.8 Å². The van der Waals surface area contributed by atoms with Gasteiger partial charge in [-0.3, -0.25) is 4.57 Å². The number of halogens is 2. The van der Waals surface area contributed by atoms with Crippen molar-refractivity contribution < 1.29 is 0 Å². The van der Waals surface area contributed by atoms with Crippen molar-refractivity contribution in [1.82, 2.24) is 39.3 Å². The number of hydrogen-bond donors (Lipinski definition) is 0. The van der Waals surface area contributed by atoms with Crippen LogP contribution in [0.4, 0.5) is 0 Å². The second-order valence-electron chi connectivity index (χ2n) is 5.58. The van der Waals surface area contributed by atoms with E-state index in [-0.39, 0.29) is 0 Å². The summed E-state index contributed by atoms with van der Waals surface area (Å²) in [5, 5.41) is 13.9. The molecule has 0 bridgehead atoms. The zero-order valence-electron chi connectivity index (χ0n) is 12.7. The van der Waals surface area contributed by atoms with E-state index in [0.29, 0.717) is 29.1 Å². The van der Waals surface area contributed by atoms with Gasteiger partial charge in [-0.05, 0) is 18.2 Å². The molecule has 8 nitrogen and oxygen atoms in total. The van der Waals surface area contributed by atoms with Crippen LogP contribution in [0, 0.1) is 0 Å². The van der Waals surface area contributed by atoms with Gasteiger partial charge in [0.2, 0.25) is 0 Å². The lowest BCUT2D eigenvalue weighted by Crippen LogP contribution is -2.08. The van der Waals surface area contributed by atoms with Gasteiger partial charge in [0, 0.05) is 10.6 Å². The topological polar surface area (TPSA) is 79.2 Å². The van der Waals surface area contributed by atoms with Crippen molar-refractivity contribution in [3.63, 3.8) is 0 Å². The maximum atomic E-state index is 6.27. The van der Waals surface area contributed by atoms with Crippen molar-refractivity contribution in [2.75, 3.05) is 0 Å². The molecule has 1 aliphatic heterocycles. The Hall–Kier alpha value is -2.71. The lowest BCUT2D eigenvalue weighted by atomic mass is 10.1. The molecule has 0 fully saturated rings. The van der Waals surface area contributed by atoms with E-state index >= 15 is 0 Å². The normalized spacial score (nSPS) is 12.4. The smallest absolute Gasteiger partial charge is 0.174 e. The Morgan fingerprint density at radius 3 is 2.80 bits per heavy atom. The van der Waals surface area contributed by atoms with Gasteiger partial charge in [0.1, 0.15) is 12.9 Å². The predicted octanol–water partition coefficient (Wildman–Crippen LogP) is 2.44. The number of benzene rings is 1. The van der Waals surface area contributed by atoms with Crippen molar-refractivity contribution in [2.24, 2.45) is 0 Å². The summed E-state index contributed by atoms with van der Waals surface area (Å²) in [6, 6.07) is 5.63. The summed E-state index contributed by atoms with van der Waals surface area (Å²) in [4.78, 5) is 10.4. The van der Waals surface area contributed by atoms with Gasteiger partial charge in [-0.15, -0.1) is 0 Å². The average molecular weight is 373 g/mol. The van der Waals surface area contributed by atoms with E-state index in [0.717, 1.165) is 22.8 Å². The fourth-order valence-corrected chi connectivity index (χ4v) is 3.32. The summed E-state index contributed by atoms with van der Waals surface area (Å²) in [7, 11) is 0. The summed E-state index contributed by atoms with van der Waals surface area (Å²) in [6.45, 7) is 0.843. The number of nitrogens with zero attached hydrogens (tertiary/aromatic N) is 8. The highest BCUT2D eigenvalue weighted by Crippen LogP contribution is 2.34. The zero-order valence-corrected chi connectivity index (χ0v) is 14.2. The lowest BCUT2D eigenvalue weighted by Gasteiger charge is -2.08. The number of hydrogen-bond acceptors (Lipinski definition) is 5. The molecule has 0 saturated heterocycles. The van der Waals surface area contributed by atoms with Crippen molar-refractivity contribution in [1.29, 1.82) is 0 Å². The molecular weight excluding hydrogens is 363 g/mol. The van der Waals surface area contributed by atoms with E-state index in [1.54, 1.807) is 23.4 Å². The monoisotopic (exact) mass is 372 g/mol. The Balaban J connectivity index is 1.70. The summed E-state index contributed by atoms with van der Waals surface area (Å²) in [5.74, 6) is 1.33. The molecule has 0 saturated carbocycles. The molecule has 0 radical (unpaired) electrons. The molecule has 1 aromatic carbocycles. The van der Waals surface area contributed by atoms with Crippen LogP contribution < -0.4 is 0 Å². The van der Waals surface area contributed by atoms with Crippen molar-refractivity contribution in [3.05, 3.63) is 58.6 Å². The van der Waals surface area contributed by atoms with Crippen LogP contribution in [0.3, 0.4) is 0 Å².